The van der Waals surface area contributed by atoms with E-state index in [4.69, 9.17) is 5.73 Å². The van der Waals surface area contributed by atoms with E-state index in [1.54, 1.807) is 6.07 Å². The van der Waals surface area contributed by atoms with Gasteiger partial charge in [0, 0.05) is 18.3 Å². The average molecular weight is 484 g/mol. The smallest absolute Gasteiger partial charge is 0.406 e. The van der Waals surface area contributed by atoms with E-state index >= 15 is 0 Å². The summed E-state index contributed by atoms with van der Waals surface area (Å²) in [6.07, 6.45) is -2.52. The van der Waals surface area contributed by atoms with E-state index < -0.39 is 23.5 Å². The van der Waals surface area contributed by atoms with Gasteiger partial charge in [0.15, 0.2) is 0 Å². The number of rotatable bonds is 6. The molecule has 0 atom stereocenters. The van der Waals surface area contributed by atoms with Crippen LogP contribution in [-0.4, -0.2) is 27.3 Å². The molecule has 0 bridgehead atoms. The number of hydrogen-bond donors (Lipinski definition) is 2. The van der Waals surface area contributed by atoms with Crippen molar-refractivity contribution in [2.75, 3.05) is 17.6 Å². The van der Waals surface area contributed by atoms with Crippen molar-refractivity contribution in [3.63, 3.8) is 0 Å². The van der Waals surface area contributed by atoms with E-state index in [0.29, 0.717) is 11.1 Å². The van der Waals surface area contributed by atoms with Gasteiger partial charge < -0.3 is 15.8 Å². The molecule has 0 aliphatic carbocycles. The molecule has 4 rings (SSSR count). The topological polar surface area (TPSA) is 118 Å². The minimum Gasteiger partial charge on any atom is -0.406 e. The number of halogens is 4. The number of pyridine rings is 2. The summed E-state index contributed by atoms with van der Waals surface area (Å²) in [5.74, 6) is -0.961. The summed E-state index contributed by atoms with van der Waals surface area (Å²) >= 11 is 0. The standard InChI is InChI=1S/C23H16F4N6O2/c24-15-4-5-16-8-14(6-7-30-21-18(10-28)20(29)31-12-32-21)19(22(34)33(16)11-15)13-2-1-3-17(9-13)35-23(25,26)27/h1-5,8-9,11-12H,6-7H2,(H3,29,30,31,32). The summed E-state index contributed by atoms with van der Waals surface area (Å²) in [4.78, 5) is 21.1. The second-order valence-corrected chi connectivity index (χ2v) is 7.34. The monoisotopic (exact) mass is 484 g/mol. The van der Waals surface area contributed by atoms with E-state index in [2.05, 4.69) is 20.0 Å². The molecule has 0 saturated carbocycles. The summed E-state index contributed by atoms with van der Waals surface area (Å²) < 4.78 is 57.1. The fourth-order valence-corrected chi connectivity index (χ4v) is 3.60. The number of nitrogens with one attached hydrogen (secondary N) is 1. The van der Waals surface area contributed by atoms with Gasteiger partial charge in [0.05, 0.1) is 5.56 Å². The van der Waals surface area contributed by atoms with Crippen LogP contribution >= 0.6 is 0 Å². The Morgan fingerprint density at radius 3 is 2.71 bits per heavy atom. The van der Waals surface area contributed by atoms with Crippen LogP contribution in [0.4, 0.5) is 29.2 Å². The molecule has 35 heavy (non-hydrogen) atoms. The lowest BCUT2D eigenvalue weighted by Gasteiger charge is -2.15. The molecule has 3 heterocycles. The van der Waals surface area contributed by atoms with Gasteiger partial charge in [-0.25, -0.2) is 14.4 Å². The minimum absolute atomic E-state index is 0.00172. The first-order chi connectivity index (χ1) is 16.7. The maximum absolute atomic E-state index is 13.8. The van der Waals surface area contributed by atoms with Crippen LogP contribution in [0.5, 0.6) is 5.75 Å². The van der Waals surface area contributed by atoms with Gasteiger partial charge in [0.2, 0.25) is 0 Å². The van der Waals surface area contributed by atoms with Crippen molar-refractivity contribution in [1.82, 2.24) is 14.4 Å². The number of nitriles is 1. The highest BCUT2D eigenvalue weighted by Gasteiger charge is 2.31. The highest BCUT2D eigenvalue weighted by molar-refractivity contribution is 5.71. The molecule has 0 radical (unpaired) electrons. The molecule has 0 fully saturated rings. The van der Waals surface area contributed by atoms with Crippen LogP contribution in [0.2, 0.25) is 0 Å². The number of alkyl halides is 3. The lowest BCUT2D eigenvalue weighted by atomic mass is 9.98. The molecule has 12 heteroatoms. The Morgan fingerprint density at radius 1 is 1.17 bits per heavy atom. The molecule has 0 amide bonds. The van der Waals surface area contributed by atoms with Gasteiger partial charge in [-0.3, -0.25) is 9.20 Å². The summed E-state index contributed by atoms with van der Waals surface area (Å²) in [5, 5.41) is 12.2. The molecule has 0 unspecified atom stereocenters. The molecule has 1 aromatic carbocycles. The van der Waals surface area contributed by atoms with Crippen LogP contribution in [0.15, 0.2) is 59.8 Å². The first-order valence-electron chi connectivity index (χ1n) is 10.1. The SMILES string of the molecule is N#Cc1c(N)ncnc1NCCc1cc2ccc(F)cn2c(=O)c1-c1cccc(OC(F)(F)F)c1. The zero-order chi connectivity index (χ0) is 25.2. The number of nitrogen functional groups attached to an aromatic ring is 1. The quantitative estimate of drug-likeness (QED) is 0.399. The van der Waals surface area contributed by atoms with Crippen molar-refractivity contribution in [2.45, 2.75) is 12.8 Å². The van der Waals surface area contributed by atoms with Crippen LogP contribution in [0, 0.1) is 17.1 Å². The third-order valence-electron chi connectivity index (χ3n) is 5.05. The second-order valence-electron chi connectivity index (χ2n) is 7.34. The highest BCUT2D eigenvalue weighted by atomic mass is 19.4. The average Bonchev–Trinajstić information content (AvgIpc) is 2.79. The van der Waals surface area contributed by atoms with Crippen LogP contribution in [0.1, 0.15) is 11.1 Å². The number of benzene rings is 1. The number of nitrogens with two attached hydrogens (primary N) is 1. The number of hydrogen-bond acceptors (Lipinski definition) is 7. The molecule has 4 aromatic rings. The molecule has 0 aliphatic heterocycles. The predicted octanol–water partition coefficient (Wildman–Crippen LogP) is 3.90. The van der Waals surface area contributed by atoms with Gasteiger partial charge in [-0.1, -0.05) is 12.1 Å². The molecule has 3 aromatic heterocycles. The molecule has 8 nitrogen and oxygen atoms in total. The van der Waals surface area contributed by atoms with Gasteiger partial charge in [-0.15, -0.1) is 13.2 Å². The predicted molar refractivity (Wildman–Crippen MR) is 119 cm³/mol. The number of aromatic nitrogens is 3. The fraction of sp³-hybridized carbons (Fsp3) is 0.130. The zero-order valence-corrected chi connectivity index (χ0v) is 17.8. The Bertz CT molecular complexity index is 1510. The molecule has 0 aliphatic rings. The van der Waals surface area contributed by atoms with Crippen molar-refractivity contribution in [3.8, 4) is 22.9 Å². The van der Waals surface area contributed by atoms with Crippen molar-refractivity contribution in [3.05, 3.63) is 82.3 Å². The van der Waals surface area contributed by atoms with Gasteiger partial charge >= 0.3 is 6.36 Å². The van der Waals surface area contributed by atoms with Crippen molar-refractivity contribution >= 4 is 17.2 Å². The Labute approximate surface area is 195 Å². The lowest BCUT2D eigenvalue weighted by Crippen LogP contribution is -2.20. The molecular weight excluding hydrogens is 468 g/mol. The number of ether oxygens (including phenoxy) is 1. The van der Waals surface area contributed by atoms with Gasteiger partial charge in [0.1, 0.15) is 41.2 Å². The molecular formula is C23H16F4N6O2. The van der Waals surface area contributed by atoms with Gasteiger partial charge in [0.25, 0.3) is 5.56 Å². The van der Waals surface area contributed by atoms with Gasteiger partial charge in [-0.2, -0.15) is 5.26 Å². The first kappa shape index (κ1) is 23.5. The van der Waals surface area contributed by atoms with E-state index in [-0.39, 0.29) is 41.3 Å². The Morgan fingerprint density at radius 2 is 1.97 bits per heavy atom. The Hall–Kier alpha value is -4.66. The second kappa shape index (κ2) is 9.30. The van der Waals surface area contributed by atoms with E-state index in [9.17, 15) is 27.6 Å². The Balaban J connectivity index is 1.76. The maximum atomic E-state index is 13.8. The normalized spacial score (nSPS) is 11.3. The number of anilines is 2. The van der Waals surface area contributed by atoms with Crippen LogP contribution in [0.3, 0.4) is 0 Å². The van der Waals surface area contributed by atoms with Crippen LogP contribution in [0.25, 0.3) is 16.6 Å². The maximum Gasteiger partial charge on any atom is 0.573 e. The van der Waals surface area contributed by atoms with Crippen molar-refractivity contribution < 1.29 is 22.3 Å². The van der Waals surface area contributed by atoms with Crippen LogP contribution < -0.4 is 21.3 Å². The minimum atomic E-state index is -4.91. The van der Waals surface area contributed by atoms with Gasteiger partial charge in [-0.05, 0) is 47.9 Å². The molecule has 3 N–H and O–H groups in total. The lowest BCUT2D eigenvalue weighted by molar-refractivity contribution is -0.274. The zero-order valence-electron chi connectivity index (χ0n) is 17.8. The summed E-state index contributed by atoms with van der Waals surface area (Å²) in [5.41, 5.74) is 6.22. The summed E-state index contributed by atoms with van der Waals surface area (Å²) in [6, 6.07) is 11.1. The largest absolute Gasteiger partial charge is 0.573 e. The summed E-state index contributed by atoms with van der Waals surface area (Å²) in [7, 11) is 0. The van der Waals surface area contributed by atoms with E-state index in [0.717, 1.165) is 22.7 Å². The highest BCUT2D eigenvalue weighted by Crippen LogP contribution is 2.29. The molecule has 0 spiro atoms. The van der Waals surface area contributed by atoms with Crippen molar-refractivity contribution in [1.29, 1.82) is 5.26 Å². The first-order valence-corrected chi connectivity index (χ1v) is 10.1. The molecule has 178 valence electrons. The van der Waals surface area contributed by atoms with Crippen molar-refractivity contribution in [2.24, 2.45) is 0 Å². The van der Waals surface area contributed by atoms with E-state index in [1.165, 1.54) is 30.6 Å². The number of nitrogens with zero attached hydrogens (tertiary/aromatic N) is 4. The third-order valence-corrected chi connectivity index (χ3v) is 5.05. The van der Waals surface area contributed by atoms with Crippen LogP contribution in [-0.2, 0) is 6.42 Å². The number of fused-ring (bicyclic) bond motifs is 1. The Kier molecular flexibility index (Phi) is 6.24. The third kappa shape index (κ3) is 5.14. The summed E-state index contributed by atoms with van der Waals surface area (Å²) in [6.45, 7) is 0.188. The fourth-order valence-electron chi connectivity index (χ4n) is 3.60. The van der Waals surface area contributed by atoms with E-state index in [1.807, 2.05) is 6.07 Å². The molecule has 0 saturated heterocycles.